The highest BCUT2D eigenvalue weighted by molar-refractivity contribution is 6.04. The summed E-state index contributed by atoms with van der Waals surface area (Å²) in [5.41, 5.74) is 2.91. The molecule has 0 N–H and O–H groups in total. The smallest absolute Gasteiger partial charge is 0.329 e. The summed E-state index contributed by atoms with van der Waals surface area (Å²) in [7, 11) is 5.76. The van der Waals surface area contributed by atoms with Crippen LogP contribution in [0.15, 0.2) is 41.5 Å². The van der Waals surface area contributed by atoms with Gasteiger partial charge in [-0.15, -0.1) is 0 Å². The third kappa shape index (κ3) is 3.98. The fraction of sp³-hybridized carbons (Fsp3) is 0.375. The van der Waals surface area contributed by atoms with Crippen LogP contribution in [0, 0.1) is 5.82 Å². The predicted octanol–water partition coefficient (Wildman–Crippen LogP) is 4.00. The first-order valence-electron chi connectivity index (χ1n) is 10.7. The first kappa shape index (κ1) is 22.0. The maximum Gasteiger partial charge on any atom is 0.329 e. The maximum atomic E-state index is 15.0. The average molecular weight is 437 g/mol. The zero-order chi connectivity index (χ0) is 23.0. The summed E-state index contributed by atoms with van der Waals surface area (Å²) < 4.78 is 24.0. The number of pyridine rings is 2. The second-order valence-electron chi connectivity index (χ2n) is 8.54. The zero-order valence-electron chi connectivity index (χ0n) is 19.1. The lowest BCUT2D eigenvalue weighted by Crippen LogP contribution is -2.23. The van der Waals surface area contributed by atoms with Crippen molar-refractivity contribution in [3.63, 3.8) is 0 Å². The topological polar surface area (TPSA) is 65.2 Å². The summed E-state index contributed by atoms with van der Waals surface area (Å²) >= 11 is 0. The number of imidazole rings is 1. The molecule has 0 unspecified atom stereocenters. The van der Waals surface area contributed by atoms with Crippen molar-refractivity contribution in [3.8, 4) is 17.0 Å². The monoisotopic (exact) mass is 436 g/mol. The van der Waals surface area contributed by atoms with E-state index in [1.54, 1.807) is 46.8 Å². The van der Waals surface area contributed by atoms with Crippen LogP contribution in [0.4, 0.5) is 4.39 Å². The van der Waals surface area contributed by atoms with Gasteiger partial charge in [0.15, 0.2) is 0 Å². The van der Waals surface area contributed by atoms with E-state index in [1.807, 2.05) is 27.9 Å². The molecule has 0 aliphatic carbocycles. The van der Waals surface area contributed by atoms with Gasteiger partial charge in [0.1, 0.15) is 5.82 Å². The van der Waals surface area contributed by atoms with Gasteiger partial charge >= 0.3 is 5.69 Å². The number of rotatable bonds is 7. The molecule has 0 aliphatic rings. The van der Waals surface area contributed by atoms with Crippen molar-refractivity contribution in [2.75, 3.05) is 27.2 Å². The molecule has 0 spiro atoms. The Bertz CT molecular complexity index is 1320. The highest BCUT2D eigenvalue weighted by Crippen LogP contribution is 2.32. The Kier molecular flexibility index (Phi) is 5.97. The van der Waals surface area contributed by atoms with Gasteiger partial charge < -0.3 is 9.64 Å². The second-order valence-corrected chi connectivity index (χ2v) is 8.54. The first-order chi connectivity index (χ1) is 15.3. The van der Waals surface area contributed by atoms with E-state index < -0.39 is 0 Å². The molecule has 8 heteroatoms. The van der Waals surface area contributed by atoms with E-state index in [-0.39, 0.29) is 17.5 Å². The van der Waals surface area contributed by atoms with Crippen molar-refractivity contribution in [2.45, 2.75) is 26.3 Å². The van der Waals surface area contributed by atoms with E-state index in [1.165, 1.54) is 6.07 Å². The summed E-state index contributed by atoms with van der Waals surface area (Å²) in [6.07, 6.45) is 4.13. The molecule has 7 nitrogen and oxygen atoms in total. The van der Waals surface area contributed by atoms with Crippen molar-refractivity contribution < 1.29 is 9.13 Å². The highest BCUT2D eigenvalue weighted by atomic mass is 19.1. The molecule has 0 bridgehead atoms. The lowest BCUT2D eigenvalue weighted by molar-refractivity contribution is 0.273. The van der Waals surface area contributed by atoms with Gasteiger partial charge in [0.2, 0.25) is 5.88 Å². The van der Waals surface area contributed by atoms with Crippen LogP contribution in [0.3, 0.4) is 0 Å². The van der Waals surface area contributed by atoms with Crippen LogP contribution in [0.5, 0.6) is 5.88 Å². The minimum absolute atomic E-state index is 0.0455. The summed E-state index contributed by atoms with van der Waals surface area (Å²) in [6.45, 7) is 5.42. The van der Waals surface area contributed by atoms with Crippen LogP contribution in [-0.2, 0) is 7.05 Å². The van der Waals surface area contributed by atoms with E-state index in [4.69, 9.17) is 4.74 Å². The number of hydrogen-bond acceptors (Lipinski definition) is 5. The SMILES string of the molecule is CC(C)n1c(=O)n([11CH3])c2cnc3cc(F)c(-c4ccc(OCCCN(C)C)nc4)cc3c21. The van der Waals surface area contributed by atoms with Gasteiger partial charge in [0.05, 0.1) is 29.4 Å². The number of halogens is 1. The van der Waals surface area contributed by atoms with Crippen LogP contribution in [0.25, 0.3) is 33.1 Å². The molecule has 4 aromatic rings. The van der Waals surface area contributed by atoms with E-state index in [9.17, 15) is 9.18 Å². The van der Waals surface area contributed by atoms with Crippen molar-refractivity contribution >= 4 is 21.9 Å². The summed E-state index contributed by atoms with van der Waals surface area (Å²) in [4.78, 5) is 23.6. The fourth-order valence-corrected chi connectivity index (χ4v) is 3.93. The van der Waals surface area contributed by atoms with Gasteiger partial charge in [0, 0.05) is 54.5 Å². The van der Waals surface area contributed by atoms with Gasteiger partial charge in [-0.05, 0) is 46.5 Å². The van der Waals surface area contributed by atoms with Gasteiger partial charge in [0.25, 0.3) is 0 Å². The van der Waals surface area contributed by atoms with E-state index in [0.717, 1.165) is 23.9 Å². The Morgan fingerprint density at radius 3 is 2.59 bits per heavy atom. The second kappa shape index (κ2) is 8.70. The van der Waals surface area contributed by atoms with Gasteiger partial charge in [-0.3, -0.25) is 14.1 Å². The number of fused-ring (bicyclic) bond motifs is 3. The Labute approximate surface area is 186 Å². The van der Waals surface area contributed by atoms with Gasteiger partial charge in [-0.1, -0.05) is 0 Å². The molecule has 32 heavy (non-hydrogen) atoms. The van der Waals surface area contributed by atoms with Gasteiger partial charge in [-0.25, -0.2) is 14.2 Å². The van der Waals surface area contributed by atoms with Crippen LogP contribution in [0.1, 0.15) is 26.3 Å². The number of benzene rings is 1. The lowest BCUT2D eigenvalue weighted by Gasteiger charge is -2.12. The molecule has 3 aromatic heterocycles. The van der Waals surface area contributed by atoms with Crippen LogP contribution in [-0.4, -0.2) is 51.2 Å². The standard InChI is InChI=1S/C24H28FN5O2/c1-15(2)30-23-18-11-17(16-7-8-22(27-13-16)32-10-6-9-28(3)4)19(25)12-20(18)26-14-21(23)29(5)24(30)31/h7-8,11-15H,6,9-10H2,1-5H3/i5-1. The molecule has 0 saturated heterocycles. The lowest BCUT2D eigenvalue weighted by atomic mass is 10.0. The third-order valence-electron chi connectivity index (χ3n) is 5.57. The van der Waals surface area contributed by atoms with E-state index >= 15 is 0 Å². The summed E-state index contributed by atoms with van der Waals surface area (Å²) in [5, 5.41) is 0.731. The van der Waals surface area contributed by atoms with Crippen LogP contribution >= 0.6 is 0 Å². The number of hydrogen-bond donors (Lipinski definition) is 0. The number of aromatic nitrogens is 4. The number of nitrogens with zero attached hydrogens (tertiary/aromatic N) is 5. The minimum Gasteiger partial charge on any atom is -0.478 e. The molecular weight excluding hydrogens is 408 g/mol. The molecule has 0 radical (unpaired) electrons. The predicted molar refractivity (Wildman–Crippen MR) is 125 cm³/mol. The summed E-state index contributed by atoms with van der Waals surface area (Å²) in [5.74, 6) is 0.120. The molecule has 4 rings (SSSR count). The molecule has 168 valence electrons. The average Bonchev–Trinajstić information content (AvgIpc) is 3.02. The molecule has 0 fully saturated rings. The van der Waals surface area contributed by atoms with E-state index in [2.05, 4.69) is 14.9 Å². The number of aryl methyl sites for hydroxylation is 1. The molecule has 1 aromatic carbocycles. The normalized spacial score (nSPS) is 11.9. The van der Waals surface area contributed by atoms with Crippen LogP contribution < -0.4 is 10.4 Å². The third-order valence-corrected chi connectivity index (χ3v) is 5.57. The van der Waals surface area contributed by atoms with Gasteiger partial charge in [-0.2, -0.15) is 0 Å². The van der Waals surface area contributed by atoms with Crippen molar-refractivity contribution in [1.82, 2.24) is 24.0 Å². The fourth-order valence-electron chi connectivity index (χ4n) is 3.93. The summed E-state index contributed by atoms with van der Waals surface area (Å²) in [6, 6.07) is 6.67. The Morgan fingerprint density at radius 1 is 1.16 bits per heavy atom. The van der Waals surface area contributed by atoms with E-state index in [0.29, 0.717) is 34.6 Å². The van der Waals surface area contributed by atoms with Crippen LogP contribution in [0.2, 0.25) is 0 Å². The molecule has 0 aliphatic heterocycles. The molecule has 0 saturated carbocycles. The van der Waals surface area contributed by atoms with Crippen molar-refractivity contribution in [3.05, 3.63) is 53.0 Å². The zero-order valence-corrected chi connectivity index (χ0v) is 19.1. The molecule has 3 heterocycles. The Balaban J connectivity index is 1.75. The largest absolute Gasteiger partial charge is 0.478 e. The Hall–Kier alpha value is -3.26. The van der Waals surface area contributed by atoms with Crippen molar-refractivity contribution in [2.24, 2.45) is 7.05 Å². The number of ether oxygens (including phenoxy) is 1. The molecular formula is C24H28FN5O2. The first-order valence-corrected chi connectivity index (χ1v) is 10.7. The minimum atomic E-state index is -0.389. The Morgan fingerprint density at radius 2 is 1.94 bits per heavy atom. The quantitative estimate of drug-likeness (QED) is 0.410. The molecule has 0 amide bonds. The van der Waals surface area contributed by atoms with Crippen molar-refractivity contribution in [1.29, 1.82) is 0 Å². The maximum absolute atomic E-state index is 15.0. The molecule has 0 atom stereocenters. The highest BCUT2D eigenvalue weighted by Gasteiger charge is 2.18.